The summed E-state index contributed by atoms with van der Waals surface area (Å²) in [5, 5.41) is 0. The summed E-state index contributed by atoms with van der Waals surface area (Å²) in [6, 6.07) is 0. The zero-order chi connectivity index (χ0) is 8.27. The van der Waals surface area contributed by atoms with Crippen LogP contribution in [0, 0.1) is 0 Å². The number of anilines is 1. The molecule has 0 aliphatic heterocycles. The Kier molecular flexibility index (Phi) is 2.10. The van der Waals surface area contributed by atoms with Crippen LogP contribution in [0.5, 0.6) is 0 Å². The van der Waals surface area contributed by atoms with Gasteiger partial charge in [0.1, 0.15) is 5.82 Å². The standard InChI is InChI=1S/C6H9N3O2/c1-2-11-6(10)5-8-3-4(7)9-5/h3H,2,7H2,1H3,(H,8,9). The van der Waals surface area contributed by atoms with Gasteiger partial charge in [0, 0.05) is 0 Å². The van der Waals surface area contributed by atoms with E-state index in [4.69, 9.17) is 5.73 Å². The van der Waals surface area contributed by atoms with Crippen molar-refractivity contribution in [2.24, 2.45) is 0 Å². The molecule has 0 bridgehead atoms. The molecular weight excluding hydrogens is 146 g/mol. The lowest BCUT2D eigenvalue weighted by Gasteiger charge is -1.95. The Hall–Kier alpha value is -1.52. The van der Waals surface area contributed by atoms with Crippen LogP contribution in [0.2, 0.25) is 0 Å². The van der Waals surface area contributed by atoms with Crippen molar-refractivity contribution in [2.45, 2.75) is 6.92 Å². The lowest BCUT2D eigenvalue weighted by Crippen LogP contribution is -2.06. The first-order valence-electron chi connectivity index (χ1n) is 3.21. The van der Waals surface area contributed by atoms with E-state index in [1.807, 2.05) is 0 Å². The number of esters is 1. The van der Waals surface area contributed by atoms with E-state index in [9.17, 15) is 4.79 Å². The van der Waals surface area contributed by atoms with Gasteiger partial charge in [-0.05, 0) is 6.92 Å². The molecule has 5 nitrogen and oxygen atoms in total. The smallest absolute Gasteiger partial charge is 0.374 e. The average Bonchev–Trinajstić information content (AvgIpc) is 2.36. The van der Waals surface area contributed by atoms with Gasteiger partial charge in [-0.1, -0.05) is 0 Å². The Morgan fingerprint density at radius 3 is 3.09 bits per heavy atom. The van der Waals surface area contributed by atoms with Gasteiger partial charge in [0.15, 0.2) is 0 Å². The molecule has 0 spiro atoms. The first kappa shape index (κ1) is 7.59. The number of carbonyl (C=O) groups is 1. The Labute approximate surface area is 63.6 Å². The largest absolute Gasteiger partial charge is 0.460 e. The van der Waals surface area contributed by atoms with Gasteiger partial charge < -0.3 is 15.5 Å². The summed E-state index contributed by atoms with van der Waals surface area (Å²) < 4.78 is 4.65. The van der Waals surface area contributed by atoms with Gasteiger partial charge >= 0.3 is 5.97 Å². The molecule has 1 aromatic rings. The van der Waals surface area contributed by atoms with Crippen molar-refractivity contribution >= 4 is 11.8 Å². The third kappa shape index (κ3) is 1.70. The van der Waals surface area contributed by atoms with Gasteiger partial charge in [-0.3, -0.25) is 0 Å². The summed E-state index contributed by atoms with van der Waals surface area (Å²) in [7, 11) is 0. The summed E-state index contributed by atoms with van der Waals surface area (Å²) in [5.41, 5.74) is 5.29. The number of hydrogen-bond donors (Lipinski definition) is 2. The van der Waals surface area contributed by atoms with E-state index in [1.165, 1.54) is 6.20 Å². The lowest BCUT2D eigenvalue weighted by atomic mass is 10.6. The topological polar surface area (TPSA) is 81.0 Å². The number of H-pyrrole nitrogens is 1. The van der Waals surface area contributed by atoms with Crippen LogP contribution >= 0.6 is 0 Å². The number of rotatable bonds is 2. The number of nitrogens with zero attached hydrogens (tertiary/aromatic N) is 1. The third-order valence-electron chi connectivity index (χ3n) is 1.06. The average molecular weight is 155 g/mol. The van der Waals surface area contributed by atoms with Crippen LogP contribution in [0.3, 0.4) is 0 Å². The second-order valence-electron chi connectivity index (χ2n) is 1.91. The van der Waals surface area contributed by atoms with E-state index in [1.54, 1.807) is 6.92 Å². The number of imidazole rings is 1. The highest BCUT2D eigenvalue weighted by atomic mass is 16.5. The minimum Gasteiger partial charge on any atom is -0.460 e. The number of nitrogens with one attached hydrogen (secondary N) is 1. The number of aromatic nitrogens is 2. The molecule has 1 rings (SSSR count). The second-order valence-corrected chi connectivity index (χ2v) is 1.91. The quantitative estimate of drug-likeness (QED) is 0.596. The molecule has 1 aromatic heterocycles. The first-order valence-corrected chi connectivity index (χ1v) is 3.21. The highest BCUT2D eigenvalue weighted by Crippen LogP contribution is 1.98. The van der Waals surface area contributed by atoms with E-state index < -0.39 is 5.97 Å². The lowest BCUT2D eigenvalue weighted by molar-refractivity contribution is 0.0513. The van der Waals surface area contributed by atoms with Crippen LogP contribution in [-0.4, -0.2) is 22.5 Å². The summed E-state index contributed by atoms with van der Waals surface area (Å²) in [6.07, 6.45) is 1.37. The number of ether oxygens (including phenoxy) is 1. The fourth-order valence-corrected chi connectivity index (χ4v) is 0.639. The summed E-state index contributed by atoms with van der Waals surface area (Å²) in [5.74, 6) is 0.0154. The first-order chi connectivity index (χ1) is 5.24. The fourth-order valence-electron chi connectivity index (χ4n) is 0.639. The number of hydrogen-bond acceptors (Lipinski definition) is 4. The molecule has 0 amide bonds. The van der Waals surface area contributed by atoms with Crippen LogP contribution in [0.25, 0.3) is 0 Å². The van der Waals surface area contributed by atoms with Crippen molar-refractivity contribution in [3.63, 3.8) is 0 Å². The highest BCUT2D eigenvalue weighted by Gasteiger charge is 2.08. The zero-order valence-electron chi connectivity index (χ0n) is 6.13. The van der Waals surface area contributed by atoms with Crippen molar-refractivity contribution < 1.29 is 9.53 Å². The molecule has 0 aliphatic carbocycles. The van der Waals surface area contributed by atoms with E-state index in [2.05, 4.69) is 14.7 Å². The maximum Gasteiger partial charge on any atom is 0.374 e. The Morgan fingerprint density at radius 1 is 1.91 bits per heavy atom. The SMILES string of the molecule is CCOC(=O)c1ncc(N)[nH]1. The molecule has 1 heterocycles. The molecule has 0 unspecified atom stereocenters. The van der Waals surface area contributed by atoms with Crippen molar-refractivity contribution in [1.82, 2.24) is 9.97 Å². The molecule has 11 heavy (non-hydrogen) atoms. The summed E-state index contributed by atoms with van der Waals surface area (Å²) in [4.78, 5) is 17.1. The van der Waals surface area contributed by atoms with Crippen LogP contribution in [-0.2, 0) is 4.74 Å². The normalized spacial score (nSPS) is 9.55. The molecule has 3 N–H and O–H groups in total. The highest BCUT2D eigenvalue weighted by molar-refractivity contribution is 5.85. The molecular formula is C6H9N3O2. The number of aromatic amines is 1. The van der Waals surface area contributed by atoms with E-state index in [-0.39, 0.29) is 5.82 Å². The molecule has 0 radical (unpaired) electrons. The molecule has 0 saturated heterocycles. The van der Waals surface area contributed by atoms with Gasteiger partial charge in [0.25, 0.3) is 0 Å². The molecule has 0 aromatic carbocycles. The Balaban J connectivity index is 2.69. The van der Waals surface area contributed by atoms with Crippen molar-refractivity contribution in [1.29, 1.82) is 0 Å². The minimum atomic E-state index is -0.482. The summed E-state index contributed by atoms with van der Waals surface area (Å²) >= 11 is 0. The van der Waals surface area contributed by atoms with Crippen LogP contribution in [0.15, 0.2) is 6.20 Å². The van der Waals surface area contributed by atoms with Crippen molar-refractivity contribution in [3.05, 3.63) is 12.0 Å². The summed E-state index contributed by atoms with van der Waals surface area (Å²) in [6.45, 7) is 2.06. The van der Waals surface area contributed by atoms with Gasteiger partial charge in [-0.2, -0.15) is 0 Å². The Morgan fingerprint density at radius 2 is 2.64 bits per heavy atom. The van der Waals surface area contributed by atoms with Gasteiger partial charge in [-0.15, -0.1) is 0 Å². The van der Waals surface area contributed by atoms with Gasteiger partial charge in [0.05, 0.1) is 12.8 Å². The molecule has 0 atom stereocenters. The van der Waals surface area contributed by atoms with Crippen LogP contribution < -0.4 is 5.73 Å². The number of carbonyl (C=O) groups excluding carboxylic acids is 1. The van der Waals surface area contributed by atoms with Crippen molar-refractivity contribution in [2.75, 3.05) is 12.3 Å². The molecule has 0 fully saturated rings. The minimum absolute atomic E-state index is 0.143. The Bertz CT molecular complexity index is 256. The molecule has 5 heteroatoms. The molecule has 0 aliphatic rings. The van der Waals surface area contributed by atoms with Crippen LogP contribution in [0.4, 0.5) is 5.82 Å². The molecule has 60 valence electrons. The van der Waals surface area contributed by atoms with E-state index >= 15 is 0 Å². The molecule has 0 saturated carbocycles. The monoisotopic (exact) mass is 155 g/mol. The maximum absolute atomic E-state index is 10.9. The zero-order valence-corrected chi connectivity index (χ0v) is 6.13. The predicted molar refractivity (Wildman–Crippen MR) is 39.0 cm³/mol. The second kappa shape index (κ2) is 3.05. The van der Waals surface area contributed by atoms with Gasteiger partial charge in [0.2, 0.25) is 5.82 Å². The van der Waals surface area contributed by atoms with E-state index in [0.717, 1.165) is 0 Å². The van der Waals surface area contributed by atoms with Crippen LogP contribution in [0.1, 0.15) is 17.5 Å². The third-order valence-corrected chi connectivity index (χ3v) is 1.06. The maximum atomic E-state index is 10.9. The fraction of sp³-hybridized carbons (Fsp3) is 0.333. The van der Waals surface area contributed by atoms with E-state index in [0.29, 0.717) is 12.4 Å². The number of nitrogens with two attached hydrogens (primary N) is 1. The number of nitrogen functional groups attached to an aromatic ring is 1. The predicted octanol–water partition coefficient (Wildman–Crippen LogP) is 0.169. The van der Waals surface area contributed by atoms with Gasteiger partial charge in [-0.25, -0.2) is 9.78 Å². The van der Waals surface area contributed by atoms with Crippen molar-refractivity contribution in [3.8, 4) is 0 Å².